The molecular formula is C14H21NO2S. The van der Waals surface area contributed by atoms with Crippen molar-refractivity contribution in [1.29, 1.82) is 0 Å². The normalized spacial score (nSPS) is 14.4. The maximum Gasteiger partial charge on any atom is 0.412 e. The van der Waals surface area contributed by atoms with E-state index in [1.807, 2.05) is 32.1 Å². The molecular weight excluding hydrogens is 246 g/mol. The van der Waals surface area contributed by atoms with E-state index in [1.54, 1.807) is 0 Å². The quantitative estimate of drug-likeness (QED) is 0.874. The van der Waals surface area contributed by atoms with Crippen LogP contribution in [0, 0.1) is 0 Å². The molecule has 3 nitrogen and oxygen atoms in total. The average molecular weight is 267 g/mol. The molecule has 0 saturated heterocycles. The topological polar surface area (TPSA) is 38.3 Å². The zero-order valence-electron chi connectivity index (χ0n) is 11.6. The van der Waals surface area contributed by atoms with Crippen LogP contribution in [0.5, 0.6) is 0 Å². The van der Waals surface area contributed by atoms with Gasteiger partial charge in [-0.15, -0.1) is 11.3 Å². The number of hydrogen-bond acceptors (Lipinski definition) is 3. The van der Waals surface area contributed by atoms with Crippen LogP contribution in [0.2, 0.25) is 0 Å². The molecule has 2 rings (SSSR count). The van der Waals surface area contributed by atoms with Crippen LogP contribution in [0.1, 0.15) is 49.4 Å². The summed E-state index contributed by atoms with van der Waals surface area (Å²) in [5, 5.41) is 2.95. The lowest BCUT2D eigenvalue weighted by atomic mass is 10.2. The smallest absolute Gasteiger partial charge is 0.412 e. The number of carbonyl (C=O) groups is 1. The lowest BCUT2D eigenvalue weighted by Crippen LogP contribution is -2.27. The number of ether oxygens (including phenoxy) is 1. The van der Waals surface area contributed by atoms with Gasteiger partial charge in [0.25, 0.3) is 0 Å². The van der Waals surface area contributed by atoms with E-state index in [0.29, 0.717) is 0 Å². The molecule has 100 valence electrons. The van der Waals surface area contributed by atoms with Gasteiger partial charge in [-0.3, -0.25) is 5.32 Å². The van der Waals surface area contributed by atoms with E-state index in [2.05, 4.69) is 12.2 Å². The fourth-order valence-corrected chi connectivity index (χ4v) is 3.55. The SMILES string of the molecule is CCc1sc2c(c1NC(=O)OC(C)(C)C)CCC2. The summed E-state index contributed by atoms with van der Waals surface area (Å²) in [7, 11) is 0. The van der Waals surface area contributed by atoms with Crippen LogP contribution in [0.3, 0.4) is 0 Å². The molecule has 4 heteroatoms. The van der Waals surface area contributed by atoms with Gasteiger partial charge < -0.3 is 4.74 Å². The van der Waals surface area contributed by atoms with Crippen molar-refractivity contribution in [1.82, 2.24) is 0 Å². The van der Waals surface area contributed by atoms with Crippen LogP contribution in [0.4, 0.5) is 10.5 Å². The van der Waals surface area contributed by atoms with Crippen LogP contribution in [-0.4, -0.2) is 11.7 Å². The summed E-state index contributed by atoms with van der Waals surface area (Å²) in [5.74, 6) is 0. The predicted octanol–water partition coefficient (Wildman–Crippen LogP) is 4.15. The number of carbonyl (C=O) groups excluding carboxylic acids is 1. The number of amides is 1. The minimum Gasteiger partial charge on any atom is -0.444 e. The van der Waals surface area contributed by atoms with Gasteiger partial charge in [-0.1, -0.05) is 6.92 Å². The van der Waals surface area contributed by atoms with Crippen molar-refractivity contribution in [2.24, 2.45) is 0 Å². The molecule has 0 fully saturated rings. The van der Waals surface area contributed by atoms with Crippen molar-refractivity contribution in [3.05, 3.63) is 15.3 Å². The summed E-state index contributed by atoms with van der Waals surface area (Å²) in [6, 6.07) is 0. The van der Waals surface area contributed by atoms with E-state index in [4.69, 9.17) is 4.74 Å². The van der Waals surface area contributed by atoms with Crippen molar-refractivity contribution in [3.63, 3.8) is 0 Å². The molecule has 18 heavy (non-hydrogen) atoms. The first-order valence-corrected chi connectivity index (χ1v) is 7.35. The van der Waals surface area contributed by atoms with E-state index in [-0.39, 0.29) is 6.09 Å². The van der Waals surface area contributed by atoms with Gasteiger partial charge in [0, 0.05) is 9.75 Å². The first-order chi connectivity index (χ1) is 8.40. The molecule has 1 aromatic heterocycles. The number of nitrogens with one attached hydrogen (secondary N) is 1. The second kappa shape index (κ2) is 4.92. The van der Waals surface area contributed by atoms with Gasteiger partial charge in [-0.2, -0.15) is 0 Å². The molecule has 0 radical (unpaired) electrons. The second-order valence-corrected chi connectivity index (χ2v) is 6.83. The van der Waals surface area contributed by atoms with Gasteiger partial charge in [0.1, 0.15) is 5.60 Å². The van der Waals surface area contributed by atoms with E-state index in [9.17, 15) is 4.79 Å². The van der Waals surface area contributed by atoms with E-state index in [1.165, 1.54) is 21.7 Å². The fraction of sp³-hybridized carbons (Fsp3) is 0.643. The van der Waals surface area contributed by atoms with Gasteiger partial charge in [0.2, 0.25) is 0 Å². The third kappa shape index (κ3) is 2.86. The van der Waals surface area contributed by atoms with E-state index >= 15 is 0 Å². The number of hydrogen-bond donors (Lipinski definition) is 1. The van der Waals surface area contributed by atoms with Gasteiger partial charge >= 0.3 is 6.09 Å². The molecule has 1 heterocycles. The Balaban J connectivity index is 2.16. The van der Waals surface area contributed by atoms with E-state index < -0.39 is 5.60 Å². The van der Waals surface area contributed by atoms with Crippen molar-refractivity contribution in [2.75, 3.05) is 5.32 Å². The number of thiophene rings is 1. The first kappa shape index (κ1) is 13.4. The molecule has 1 aromatic rings. The Morgan fingerprint density at radius 3 is 2.72 bits per heavy atom. The molecule has 1 N–H and O–H groups in total. The lowest BCUT2D eigenvalue weighted by molar-refractivity contribution is 0.0635. The monoisotopic (exact) mass is 267 g/mol. The third-order valence-corrected chi connectivity index (χ3v) is 4.38. The molecule has 1 aliphatic rings. The van der Waals surface area contributed by atoms with Crippen LogP contribution in [0.15, 0.2) is 0 Å². The van der Waals surface area contributed by atoms with Crippen LogP contribution >= 0.6 is 11.3 Å². The Hall–Kier alpha value is -1.03. The second-order valence-electron chi connectivity index (χ2n) is 5.64. The number of fused-ring (bicyclic) bond motifs is 1. The van der Waals surface area contributed by atoms with Crippen molar-refractivity contribution < 1.29 is 9.53 Å². The van der Waals surface area contributed by atoms with Gasteiger partial charge in [-0.25, -0.2) is 4.79 Å². The summed E-state index contributed by atoms with van der Waals surface area (Å²) in [6.45, 7) is 7.77. The Morgan fingerprint density at radius 1 is 1.39 bits per heavy atom. The molecule has 1 amide bonds. The summed E-state index contributed by atoms with van der Waals surface area (Å²) < 4.78 is 5.32. The predicted molar refractivity (Wildman–Crippen MR) is 75.6 cm³/mol. The van der Waals surface area contributed by atoms with Crippen LogP contribution in [0.25, 0.3) is 0 Å². The highest BCUT2D eigenvalue weighted by molar-refractivity contribution is 7.12. The molecule has 0 unspecified atom stereocenters. The van der Waals surface area contributed by atoms with Crippen molar-refractivity contribution >= 4 is 23.1 Å². The zero-order valence-corrected chi connectivity index (χ0v) is 12.4. The number of anilines is 1. The molecule has 1 aliphatic carbocycles. The van der Waals surface area contributed by atoms with E-state index in [0.717, 1.165) is 24.9 Å². The Labute approximate surface area is 113 Å². The van der Waals surface area contributed by atoms with Crippen LogP contribution in [-0.2, 0) is 24.0 Å². The largest absolute Gasteiger partial charge is 0.444 e. The van der Waals surface area contributed by atoms with Gasteiger partial charge in [0.15, 0.2) is 0 Å². The Kier molecular flexibility index (Phi) is 3.66. The minimum absolute atomic E-state index is 0.343. The summed E-state index contributed by atoms with van der Waals surface area (Å²) in [4.78, 5) is 14.6. The minimum atomic E-state index is -0.449. The molecule has 0 aromatic carbocycles. The maximum absolute atomic E-state index is 11.9. The summed E-state index contributed by atoms with van der Waals surface area (Å²) >= 11 is 1.84. The standard InChI is InChI=1S/C14H21NO2S/c1-5-10-12(9-7-6-8-11(9)18-10)15-13(16)17-14(2,3)4/h5-8H2,1-4H3,(H,15,16). The van der Waals surface area contributed by atoms with Gasteiger partial charge in [-0.05, 0) is 52.0 Å². The molecule has 0 aliphatic heterocycles. The highest BCUT2D eigenvalue weighted by atomic mass is 32.1. The lowest BCUT2D eigenvalue weighted by Gasteiger charge is -2.20. The number of aryl methyl sites for hydroxylation is 2. The molecule has 0 bridgehead atoms. The fourth-order valence-electron chi connectivity index (χ4n) is 2.26. The Morgan fingerprint density at radius 2 is 2.11 bits per heavy atom. The third-order valence-electron chi connectivity index (χ3n) is 2.94. The molecule has 0 saturated carbocycles. The zero-order chi connectivity index (χ0) is 13.3. The maximum atomic E-state index is 11.9. The average Bonchev–Trinajstić information content (AvgIpc) is 2.77. The van der Waals surface area contributed by atoms with Crippen molar-refractivity contribution in [2.45, 2.75) is 59.0 Å². The van der Waals surface area contributed by atoms with Crippen LogP contribution < -0.4 is 5.32 Å². The van der Waals surface area contributed by atoms with Gasteiger partial charge in [0.05, 0.1) is 5.69 Å². The highest BCUT2D eigenvalue weighted by Gasteiger charge is 2.24. The first-order valence-electron chi connectivity index (χ1n) is 6.54. The summed E-state index contributed by atoms with van der Waals surface area (Å²) in [6.07, 6.45) is 4.06. The summed E-state index contributed by atoms with van der Waals surface area (Å²) in [5.41, 5.74) is 1.90. The van der Waals surface area contributed by atoms with Crippen molar-refractivity contribution in [3.8, 4) is 0 Å². The number of rotatable bonds is 2. The highest BCUT2D eigenvalue weighted by Crippen LogP contribution is 2.39. The molecule has 0 atom stereocenters. The molecule has 0 spiro atoms. The Bertz CT molecular complexity index is 457.